The summed E-state index contributed by atoms with van der Waals surface area (Å²) in [6, 6.07) is 1.01. The van der Waals surface area contributed by atoms with Gasteiger partial charge in [-0.25, -0.2) is 17.9 Å². The third kappa shape index (κ3) is 3.11. The molecule has 1 saturated heterocycles. The fourth-order valence-electron chi connectivity index (χ4n) is 1.78. The van der Waals surface area contributed by atoms with Crippen LogP contribution in [0.5, 0.6) is 0 Å². The number of carboxylic acids is 1. The van der Waals surface area contributed by atoms with E-state index in [1.807, 2.05) is 0 Å². The largest absolute Gasteiger partial charge is 0.477 e. The summed E-state index contributed by atoms with van der Waals surface area (Å²) in [4.78, 5) is 21.4. The van der Waals surface area contributed by atoms with Crippen molar-refractivity contribution in [2.24, 2.45) is 0 Å². The first-order chi connectivity index (χ1) is 8.90. The van der Waals surface area contributed by atoms with Gasteiger partial charge in [-0.2, -0.15) is 0 Å². The van der Waals surface area contributed by atoms with Gasteiger partial charge in [0.25, 0.3) is 0 Å². The Balaban J connectivity index is 2.08. The van der Waals surface area contributed by atoms with Gasteiger partial charge in [0.15, 0.2) is 0 Å². The zero-order valence-corrected chi connectivity index (χ0v) is 11.4. The number of nitrogens with one attached hydrogen (secondary N) is 2. The zero-order chi connectivity index (χ0) is 14.0. The molecule has 9 heteroatoms. The Hall–Kier alpha value is -1.45. The van der Waals surface area contributed by atoms with E-state index in [0.717, 1.165) is 11.3 Å². The van der Waals surface area contributed by atoms with Crippen molar-refractivity contribution in [1.29, 1.82) is 0 Å². The second-order valence-corrected chi connectivity index (χ2v) is 6.73. The van der Waals surface area contributed by atoms with Crippen LogP contribution in [0.15, 0.2) is 16.3 Å². The summed E-state index contributed by atoms with van der Waals surface area (Å²) in [5.41, 5.74) is 0. The van der Waals surface area contributed by atoms with Gasteiger partial charge in [-0.3, -0.25) is 4.79 Å². The molecular weight excluding hydrogens is 292 g/mol. The van der Waals surface area contributed by atoms with Gasteiger partial charge in [-0.15, -0.1) is 11.3 Å². The maximum absolute atomic E-state index is 12.0. The zero-order valence-electron chi connectivity index (χ0n) is 9.75. The number of rotatable bonds is 5. The standard InChI is InChI=1S/C10H12N2O5S2/c13-8-2-1-6(12-8)5-11-19(16,17)7-3-4-18-9(7)10(14)15/h3-4,6,11H,1-2,5H2,(H,12,13)(H,14,15). The number of carbonyl (C=O) groups is 2. The highest BCUT2D eigenvalue weighted by Gasteiger charge is 2.26. The minimum Gasteiger partial charge on any atom is -0.477 e. The van der Waals surface area contributed by atoms with Gasteiger partial charge in [0.05, 0.1) is 0 Å². The van der Waals surface area contributed by atoms with Crippen molar-refractivity contribution in [2.45, 2.75) is 23.8 Å². The molecule has 0 saturated carbocycles. The fraction of sp³-hybridized carbons (Fsp3) is 0.400. The van der Waals surface area contributed by atoms with Crippen molar-refractivity contribution in [3.63, 3.8) is 0 Å². The number of thiophene rings is 1. The lowest BCUT2D eigenvalue weighted by atomic mass is 10.2. The second-order valence-electron chi connectivity index (χ2n) is 4.07. The lowest BCUT2D eigenvalue weighted by Gasteiger charge is -2.11. The average Bonchev–Trinajstić information content (AvgIpc) is 2.94. The van der Waals surface area contributed by atoms with E-state index in [1.54, 1.807) is 0 Å². The molecule has 0 aromatic carbocycles. The number of aromatic carboxylic acids is 1. The Morgan fingerprint density at radius 2 is 2.32 bits per heavy atom. The second kappa shape index (κ2) is 5.27. The Kier molecular flexibility index (Phi) is 3.88. The van der Waals surface area contributed by atoms with E-state index in [9.17, 15) is 18.0 Å². The molecule has 1 aliphatic rings. The van der Waals surface area contributed by atoms with Crippen molar-refractivity contribution < 1.29 is 23.1 Å². The van der Waals surface area contributed by atoms with Crippen LogP contribution in [0, 0.1) is 0 Å². The van der Waals surface area contributed by atoms with Crippen LogP contribution in [-0.2, 0) is 14.8 Å². The molecule has 1 aliphatic heterocycles. The molecule has 0 aliphatic carbocycles. The number of hydrogen-bond donors (Lipinski definition) is 3. The van der Waals surface area contributed by atoms with Gasteiger partial charge in [0.1, 0.15) is 9.77 Å². The van der Waals surface area contributed by atoms with Gasteiger partial charge in [0, 0.05) is 19.0 Å². The minimum absolute atomic E-state index is 0.0585. The third-order valence-electron chi connectivity index (χ3n) is 2.72. The summed E-state index contributed by atoms with van der Waals surface area (Å²) in [7, 11) is -3.87. The monoisotopic (exact) mass is 304 g/mol. The van der Waals surface area contributed by atoms with Crippen LogP contribution >= 0.6 is 11.3 Å². The minimum atomic E-state index is -3.87. The topological polar surface area (TPSA) is 113 Å². The van der Waals surface area contributed by atoms with Crippen molar-refractivity contribution in [1.82, 2.24) is 10.0 Å². The Labute approximate surface area is 113 Å². The van der Waals surface area contributed by atoms with Gasteiger partial charge in [0.2, 0.25) is 15.9 Å². The van der Waals surface area contributed by atoms with Gasteiger partial charge in [-0.1, -0.05) is 0 Å². The van der Waals surface area contributed by atoms with Crippen LogP contribution in [-0.4, -0.2) is 38.0 Å². The summed E-state index contributed by atoms with van der Waals surface area (Å²) < 4.78 is 26.3. The lowest BCUT2D eigenvalue weighted by molar-refractivity contribution is -0.119. The number of carboxylic acid groups (broad SMARTS) is 1. The maximum atomic E-state index is 12.0. The van der Waals surface area contributed by atoms with Crippen LogP contribution in [0.1, 0.15) is 22.5 Å². The Bertz CT molecular complexity index is 607. The molecule has 0 radical (unpaired) electrons. The van der Waals surface area contributed by atoms with Crippen molar-refractivity contribution in [3.8, 4) is 0 Å². The Morgan fingerprint density at radius 3 is 2.89 bits per heavy atom. The van der Waals surface area contributed by atoms with Crippen LogP contribution in [0.2, 0.25) is 0 Å². The predicted molar refractivity (Wildman–Crippen MR) is 67.6 cm³/mol. The van der Waals surface area contributed by atoms with Crippen LogP contribution < -0.4 is 10.0 Å². The van der Waals surface area contributed by atoms with Gasteiger partial charge >= 0.3 is 5.97 Å². The lowest BCUT2D eigenvalue weighted by Crippen LogP contribution is -2.38. The predicted octanol–water partition coefficient (Wildman–Crippen LogP) is 0.00320. The first kappa shape index (κ1) is 14.0. The fourth-order valence-corrected chi connectivity index (χ4v) is 4.12. The molecule has 0 spiro atoms. The number of carbonyl (C=O) groups excluding carboxylic acids is 1. The molecule has 1 aromatic rings. The summed E-state index contributed by atoms with van der Waals surface area (Å²) >= 11 is 0.855. The summed E-state index contributed by atoms with van der Waals surface area (Å²) in [6.07, 6.45) is 0.946. The highest BCUT2D eigenvalue weighted by atomic mass is 32.2. The smallest absolute Gasteiger partial charge is 0.347 e. The quantitative estimate of drug-likeness (QED) is 0.709. The summed E-state index contributed by atoms with van der Waals surface area (Å²) in [5, 5.41) is 12.9. The number of hydrogen-bond acceptors (Lipinski definition) is 5. The molecule has 1 fully saturated rings. The van der Waals surface area contributed by atoms with E-state index in [-0.39, 0.29) is 28.3 Å². The molecule has 104 valence electrons. The van der Waals surface area contributed by atoms with E-state index in [2.05, 4.69) is 10.0 Å². The molecule has 1 unspecified atom stereocenters. The maximum Gasteiger partial charge on any atom is 0.347 e. The van der Waals surface area contributed by atoms with Gasteiger partial charge < -0.3 is 10.4 Å². The van der Waals surface area contributed by atoms with E-state index in [1.165, 1.54) is 11.4 Å². The normalized spacial score (nSPS) is 19.4. The van der Waals surface area contributed by atoms with Crippen LogP contribution in [0.25, 0.3) is 0 Å². The van der Waals surface area contributed by atoms with Gasteiger partial charge in [-0.05, 0) is 17.9 Å². The molecule has 1 aromatic heterocycles. The van der Waals surface area contributed by atoms with E-state index in [4.69, 9.17) is 5.11 Å². The molecule has 3 N–H and O–H groups in total. The molecule has 1 atom stereocenters. The van der Waals surface area contributed by atoms with Crippen LogP contribution in [0.4, 0.5) is 0 Å². The van der Waals surface area contributed by atoms with E-state index in [0.29, 0.717) is 12.8 Å². The number of sulfonamides is 1. The molecule has 2 heterocycles. The molecule has 1 amide bonds. The average molecular weight is 304 g/mol. The first-order valence-electron chi connectivity index (χ1n) is 5.50. The molecule has 7 nitrogen and oxygen atoms in total. The highest BCUT2D eigenvalue weighted by molar-refractivity contribution is 7.89. The van der Waals surface area contributed by atoms with Crippen molar-refractivity contribution in [2.75, 3.05) is 6.54 Å². The van der Waals surface area contributed by atoms with Crippen molar-refractivity contribution in [3.05, 3.63) is 16.3 Å². The molecular formula is C10H12N2O5S2. The Morgan fingerprint density at radius 1 is 1.58 bits per heavy atom. The number of amides is 1. The van der Waals surface area contributed by atoms with E-state index < -0.39 is 16.0 Å². The first-order valence-corrected chi connectivity index (χ1v) is 7.86. The highest BCUT2D eigenvalue weighted by Crippen LogP contribution is 2.21. The van der Waals surface area contributed by atoms with Crippen LogP contribution in [0.3, 0.4) is 0 Å². The summed E-state index contributed by atoms with van der Waals surface area (Å²) in [5.74, 6) is -1.38. The van der Waals surface area contributed by atoms with E-state index >= 15 is 0 Å². The molecule has 0 bridgehead atoms. The van der Waals surface area contributed by atoms with Crippen molar-refractivity contribution >= 4 is 33.2 Å². The molecule has 2 rings (SSSR count). The SMILES string of the molecule is O=C1CCC(CNS(=O)(=O)c2ccsc2C(=O)O)N1. The molecule has 19 heavy (non-hydrogen) atoms. The third-order valence-corrected chi connectivity index (χ3v) is 5.22. The summed E-state index contributed by atoms with van der Waals surface area (Å²) in [6.45, 7) is 0.0585.